The van der Waals surface area contributed by atoms with Crippen molar-refractivity contribution in [3.63, 3.8) is 0 Å². The maximum atomic E-state index is 10.5. The summed E-state index contributed by atoms with van der Waals surface area (Å²) in [7, 11) is 0. The number of thiol groups is 1. The normalized spacial score (nSPS) is 9.17. The molecule has 0 saturated carbocycles. The number of carboxylic acids is 1. The zero-order valence-corrected chi connectivity index (χ0v) is 10.1. The lowest BCUT2D eigenvalue weighted by Crippen LogP contribution is -2.09. The van der Waals surface area contributed by atoms with Crippen molar-refractivity contribution in [3.05, 3.63) is 52.3 Å². The quantitative estimate of drug-likeness (QED) is 0.455. The van der Waals surface area contributed by atoms with Gasteiger partial charge >= 0.3 is 5.97 Å². The Morgan fingerprint density at radius 2 is 1.94 bits per heavy atom. The Balaban J connectivity index is 0.000000180. The lowest BCUT2D eigenvalue weighted by Gasteiger charge is -1.90. The van der Waals surface area contributed by atoms with Crippen molar-refractivity contribution < 1.29 is 9.90 Å². The predicted octanol–water partition coefficient (Wildman–Crippen LogP) is 1.03. The van der Waals surface area contributed by atoms with Crippen molar-refractivity contribution in [1.82, 2.24) is 9.97 Å². The maximum Gasteiger partial charge on any atom is 0.335 e. The smallest absolute Gasteiger partial charge is 0.335 e. The fraction of sp³-hybridized carbons (Fsp3) is 0. The Hall–Kier alpha value is -2.28. The van der Waals surface area contributed by atoms with Crippen LogP contribution in [0.3, 0.4) is 0 Å². The maximum absolute atomic E-state index is 10.5. The molecule has 0 saturated heterocycles. The highest BCUT2D eigenvalue weighted by Gasteiger charge is 1.96. The Morgan fingerprint density at radius 1 is 1.33 bits per heavy atom. The first-order valence-electron chi connectivity index (χ1n) is 4.83. The molecule has 0 radical (unpaired) electrons. The average Bonchev–Trinajstić information content (AvgIpc) is 2.29. The second-order valence-corrected chi connectivity index (χ2v) is 3.62. The van der Waals surface area contributed by atoms with Gasteiger partial charge in [0.05, 0.1) is 5.56 Å². The second kappa shape index (κ2) is 6.45. The number of rotatable bonds is 1. The molecule has 0 amide bonds. The summed E-state index contributed by atoms with van der Waals surface area (Å²) in [4.78, 5) is 26.6. The van der Waals surface area contributed by atoms with E-state index in [2.05, 4.69) is 22.6 Å². The monoisotopic (exact) mass is 265 g/mol. The lowest BCUT2D eigenvalue weighted by atomic mass is 10.2. The number of aromatic carboxylic acids is 1. The van der Waals surface area contributed by atoms with E-state index in [-0.39, 0.29) is 11.5 Å². The number of benzene rings is 1. The van der Waals surface area contributed by atoms with Gasteiger partial charge < -0.3 is 10.8 Å². The number of anilines is 1. The van der Waals surface area contributed by atoms with E-state index < -0.39 is 5.97 Å². The zero-order chi connectivity index (χ0) is 13.5. The van der Waals surface area contributed by atoms with Crippen LogP contribution in [0, 0.1) is 0 Å². The van der Waals surface area contributed by atoms with Crippen LogP contribution in [0.15, 0.2) is 46.2 Å². The molecule has 2 aromatic rings. The number of nitrogens with zero attached hydrogens (tertiary/aromatic N) is 1. The van der Waals surface area contributed by atoms with Crippen LogP contribution in [0.5, 0.6) is 0 Å². The van der Waals surface area contributed by atoms with Crippen molar-refractivity contribution in [2.75, 3.05) is 5.73 Å². The van der Waals surface area contributed by atoms with E-state index in [4.69, 9.17) is 10.8 Å². The van der Waals surface area contributed by atoms with Crippen LogP contribution in [0.2, 0.25) is 0 Å². The van der Waals surface area contributed by atoms with Crippen molar-refractivity contribution in [3.8, 4) is 0 Å². The molecule has 0 aliphatic carbocycles. The number of H-pyrrole nitrogens is 1. The summed E-state index contributed by atoms with van der Waals surface area (Å²) in [5.74, 6) is -0.789. The molecule has 6 nitrogen and oxygen atoms in total. The number of aromatic nitrogens is 2. The molecular formula is C11H11N3O3S. The van der Waals surface area contributed by atoms with Crippen LogP contribution >= 0.6 is 12.6 Å². The lowest BCUT2D eigenvalue weighted by molar-refractivity contribution is 0.0697. The van der Waals surface area contributed by atoms with Gasteiger partial charge in [-0.3, -0.25) is 9.78 Å². The highest BCUT2D eigenvalue weighted by Crippen LogP contribution is 1.96. The van der Waals surface area contributed by atoms with Crippen LogP contribution in [0.4, 0.5) is 5.95 Å². The molecule has 0 aliphatic heterocycles. The van der Waals surface area contributed by atoms with Crippen molar-refractivity contribution in [2.45, 2.75) is 5.03 Å². The Bertz CT molecular complexity index is 560. The first-order valence-corrected chi connectivity index (χ1v) is 5.28. The third-order valence-corrected chi connectivity index (χ3v) is 2.00. The van der Waals surface area contributed by atoms with Gasteiger partial charge in [0.25, 0.3) is 5.56 Å². The number of carboxylic acid groups (broad SMARTS) is 1. The van der Waals surface area contributed by atoms with E-state index in [0.717, 1.165) is 0 Å². The van der Waals surface area contributed by atoms with Gasteiger partial charge in [0.2, 0.25) is 5.95 Å². The third kappa shape index (κ3) is 4.71. The first-order chi connectivity index (χ1) is 8.49. The van der Waals surface area contributed by atoms with Gasteiger partial charge in [-0.2, -0.15) is 0 Å². The second-order valence-electron chi connectivity index (χ2n) is 3.16. The minimum absolute atomic E-state index is 0.0903. The van der Waals surface area contributed by atoms with Crippen LogP contribution in [0.25, 0.3) is 0 Å². The van der Waals surface area contributed by atoms with Crippen LogP contribution in [0.1, 0.15) is 10.4 Å². The summed E-state index contributed by atoms with van der Waals surface area (Å²) in [5.41, 5.74) is 5.19. The molecule has 4 N–H and O–H groups in total. The summed E-state index contributed by atoms with van der Waals surface area (Å²) in [6.07, 6.45) is 0. The molecule has 7 heteroatoms. The molecule has 0 spiro atoms. The van der Waals surface area contributed by atoms with Gasteiger partial charge in [-0.1, -0.05) is 18.2 Å². The van der Waals surface area contributed by atoms with Crippen LogP contribution in [-0.2, 0) is 0 Å². The fourth-order valence-electron chi connectivity index (χ4n) is 1.04. The SMILES string of the molecule is Nc1nc(S)cc(=O)[nH]1.O=C(O)c1ccccc1. The molecule has 0 bridgehead atoms. The molecule has 0 aliphatic rings. The van der Waals surface area contributed by atoms with E-state index in [1.54, 1.807) is 30.3 Å². The number of hydrogen-bond acceptors (Lipinski definition) is 5. The molecule has 94 valence electrons. The Labute approximate surface area is 108 Å². The molecule has 1 aromatic carbocycles. The molecule has 2 rings (SSSR count). The summed E-state index contributed by atoms with van der Waals surface area (Å²) in [5, 5.41) is 8.71. The Kier molecular flexibility index (Phi) is 4.94. The molecule has 0 unspecified atom stereocenters. The topological polar surface area (TPSA) is 109 Å². The van der Waals surface area contributed by atoms with Gasteiger partial charge in [0, 0.05) is 6.07 Å². The minimum atomic E-state index is -0.879. The molecule has 1 aromatic heterocycles. The van der Waals surface area contributed by atoms with E-state index >= 15 is 0 Å². The van der Waals surface area contributed by atoms with Crippen molar-refractivity contribution in [2.24, 2.45) is 0 Å². The van der Waals surface area contributed by atoms with Gasteiger partial charge in [0.15, 0.2) is 0 Å². The standard InChI is InChI=1S/C7H6O2.C4H5N3OS/c8-7(9)6-4-2-1-3-5-6;5-4-6-2(8)1-3(9)7-4/h1-5H,(H,8,9);1H,(H4,5,6,7,8,9). The molecule has 0 fully saturated rings. The molecule has 1 heterocycles. The Morgan fingerprint density at radius 3 is 2.33 bits per heavy atom. The van der Waals surface area contributed by atoms with Crippen LogP contribution < -0.4 is 11.3 Å². The van der Waals surface area contributed by atoms with E-state index in [1.807, 2.05) is 0 Å². The molecular weight excluding hydrogens is 254 g/mol. The van der Waals surface area contributed by atoms with E-state index in [0.29, 0.717) is 10.6 Å². The minimum Gasteiger partial charge on any atom is -0.478 e. The molecule has 18 heavy (non-hydrogen) atoms. The van der Waals surface area contributed by atoms with Gasteiger partial charge in [-0.25, -0.2) is 9.78 Å². The predicted molar refractivity (Wildman–Crippen MR) is 69.9 cm³/mol. The largest absolute Gasteiger partial charge is 0.478 e. The van der Waals surface area contributed by atoms with E-state index in [1.165, 1.54) is 6.07 Å². The number of nitrogen functional groups attached to an aromatic ring is 1. The summed E-state index contributed by atoms with van der Waals surface area (Å²) < 4.78 is 0. The van der Waals surface area contributed by atoms with Gasteiger partial charge in [-0.05, 0) is 12.1 Å². The highest BCUT2D eigenvalue weighted by molar-refractivity contribution is 7.80. The van der Waals surface area contributed by atoms with Gasteiger partial charge in [-0.15, -0.1) is 12.6 Å². The number of nitrogens with two attached hydrogens (primary N) is 1. The highest BCUT2D eigenvalue weighted by atomic mass is 32.1. The number of aromatic amines is 1. The molecule has 0 atom stereocenters. The van der Waals surface area contributed by atoms with Crippen LogP contribution in [-0.4, -0.2) is 21.0 Å². The van der Waals surface area contributed by atoms with E-state index in [9.17, 15) is 9.59 Å². The fourth-order valence-corrected chi connectivity index (χ4v) is 1.27. The number of carbonyl (C=O) groups is 1. The number of hydrogen-bond donors (Lipinski definition) is 4. The first kappa shape index (κ1) is 13.8. The van der Waals surface area contributed by atoms with Crippen molar-refractivity contribution >= 4 is 24.5 Å². The third-order valence-electron chi connectivity index (χ3n) is 1.77. The van der Waals surface area contributed by atoms with Gasteiger partial charge in [0.1, 0.15) is 5.03 Å². The average molecular weight is 265 g/mol. The number of nitrogens with one attached hydrogen (secondary N) is 1. The summed E-state index contributed by atoms with van der Waals surface area (Å²) in [6, 6.07) is 9.55. The van der Waals surface area contributed by atoms with Crippen molar-refractivity contribution in [1.29, 1.82) is 0 Å². The summed E-state index contributed by atoms with van der Waals surface area (Å²) >= 11 is 3.81. The summed E-state index contributed by atoms with van der Waals surface area (Å²) in [6.45, 7) is 0. The zero-order valence-electron chi connectivity index (χ0n) is 9.20.